The van der Waals surface area contributed by atoms with E-state index in [2.05, 4.69) is 21.3 Å². The number of amides is 3. The van der Waals surface area contributed by atoms with Crippen molar-refractivity contribution in [2.75, 3.05) is 29.0 Å². The largest absolute Gasteiger partial charge is 0.375 e. The number of rotatable bonds is 9. The highest BCUT2D eigenvalue weighted by Gasteiger charge is 2.11. The Morgan fingerprint density at radius 2 is 1.55 bits per heavy atom. The number of anilines is 3. The van der Waals surface area contributed by atoms with Gasteiger partial charge in [0.25, 0.3) is 0 Å². The minimum absolute atomic E-state index is 0.0675. The zero-order valence-electron chi connectivity index (χ0n) is 18.3. The highest BCUT2D eigenvalue weighted by atomic mass is 35.5. The van der Waals surface area contributed by atoms with Crippen molar-refractivity contribution in [3.05, 3.63) is 52.0 Å². The first-order valence-corrected chi connectivity index (χ1v) is 10.5. The molecule has 7 nitrogen and oxygen atoms in total. The first-order chi connectivity index (χ1) is 14.7. The fraction of sp³-hybridized carbons (Fsp3) is 0.348. The van der Waals surface area contributed by atoms with E-state index < -0.39 is 0 Å². The van der Waals surface area contributed by atoms with Gasteiger partial charge in [0.05, 0.1) is 23.8 Å². The number of carbonyl (C=O) groups excluding carboxylic acids is 3. The second-order valence-corrected chi connectivity index (χ2v) is 7.85. The van der Waals surface area contributed by atoms with Gasteiger partial charge in [-0.2, -0.15) is 0 Å². The molecule has 0 aliphatic rings. The molecule has 2 rings (SSSR count). The monoisotopic (exact) mass is 444 g/mol. The zero-order chi connectivity index (χ0) is 23.0. The molecule has 0 unspecified atom stereocenters. The summed E-state index contributed by atoms with van der Waals surface area (Å²) in [5.41, 5.74) is 4.94. The number of aryl methyl sites for hydroxylation is 3. The fourth-order valence-electron chi connectivity index (χ4n) is 3.17. The van der Waals surface area contributed by atoms with E-state index in [1.165, 1.54) is 0 Å². The molecule has 0 bridgehead atoms. The lowest BCUT2D eigenvalue weighted by atomic mass is 10.1. The minimum atomic E-state index is -0.357. The summed E-state index contributed by atoms with van der Waals surface area (Å²) in [6.45, 7) is 7.58. The molecule has 3 amide bonds. The fourth-order valence-corrected chi connectivity index (χ4v) is 3.35. The standard InChI is InChI=1S/C23H29ClN4O3/c1-5-6-20(29)27-17-7-8-18(24)19(11-17)25-12-21(30)26-13-22(31)28-23-15(3)9-14(2)10-16(23)4/h7-11,25H,5-6,12-13H2,1-4H3,(H,26,30)(H,27,29)(H,28,31). The van der Waals surface area contributed by atoms with Crippen LogP contribution in [0.3, 0.4) is 0 Å². The Labute approximate surface area is 187 Å². The number of halogens is 1. The minimum Gasteiger partial charge on any atom is -0.375 e. The van der Waals surface area contributed by atoms with Crippen LogP contribution in [0.1, 0.15) is 36.5 Å². The van der Waals surface area contributed by atoms with Crippen LogP contribution < -0.4 is 21.3 Å². The van der Waals surface area contributed by atoms with E-state index in [-0.39, 0.29) is 30.8 Å². The molecule has 8 heteroatoms. The molecule has 0 fully saturated rings. The van der Waals surface area contributed by atoms with Gasteiger partial charge in [-0.15, -0.1) is 0 Å². The highest BCUT2D eigenvalue weighted by Crippen LogP contribution is 2.25. The second kappa shape index (κ2) is 11.4. The van der Waals surface area contributed by atoms with Gasteiger partial charge in [0.1, 0.15) is 0 Å². The molecule has 0 radical (unpaired) electrons. The Bertz CT molecular complexity index is 952. The first kappa shape index (κ1) is 24.2. The van der Waals surface area contributed by atoms with Gasteiger partial charge in [-0.3, -0.25) is 14.4 Å². The quantitative estimate of drug-likeness (QED) is 0.466. The highest BCUT2D eigenvalue weighted by molar-refractivity contribution is 6.33. The van der Waals surface area contributed by atoms with Crippen molar-refractivity contribution in [3.8, 4) is 0 Å². The number of nitrogens with one attached hydrogen (secondary N) is 4. The average Bonchev–Trinajstić information content (AvgIpc) is 2.69. The van der Waals surface area contributed by atoms with Crippen LogP contribution in [0.25, 0.3) is 0 Å². The smallest absolute Gasteiger partial charge is 0.243 e. The molecule has 0 atom stereocenters. The van der Waals surface area contributed by atoms with Gasteiger partial charge in [-0.1, -0.05) is 36.2 Å². The van der Waals surface area contributed by atoms with Crippen molar-refractivity contribution in [2.45, 2.75) is 40.5 Å². The lowest BCUT2D eigenvalue weighted by Gasteiger charge is -2.14. The van der Waals surface area contributed by atoms with E-state index in [0.29, 0.717) is 22.8 Å². The Balaban J connectivity index is 1.85. The van der Waals surface area contributed by atoms with Crippen molar-refractivity contribution in [2.24, 2.45) is 0 Å². The molecule has 0 aromatic heterocycles. The summed E-state index contributed by atoms with van der Waals surface area (Å²) in [5, 5.41) is 11.6. The molecule has 0 aliphatic heterocycles. The molecule has 166 valence electrons. The summed E-state index contributed by atoms with van der Waals surface area (Å²) in [5.74, 6) is -0.746. The van der Waals surface area contributed by atoms with Gasteiger partial charge >= 0.3 is 0 Å². The molecule has 0 heterocycles. The van der Waals surface area contributed by atoms with Gasteiger partial charge in [0, 0.05) is 17.8 Å². The van der Waals surface area contributed by atoms with Crippen LogP contribution in [0.5, 0.6) is 0 Å². The second-order valence-electron chi connectivity index (χ2n) is 7.44. The van der Waals surface area contributed by atoms with Gasteiger partial charge in [0.2, 0.25) is 17.7 Å². The Morgan fingerprint density at radius 1 is 0.871 bits per heavy atom. The number of hydrogen-bond acceptors (Lipinski definition) is 4. The van der Waals surface area contributed by atoms with Crippen LogP contribution in [-0.4, -0.2) is 30.8 Å². The van der Waals surface area contributed by atoms with Crippen LogP contribution in [0, 0.1) is 20.8 Å². The molecule has 4 N–H and O–H groups in total. The van der Waals surface area contributed by atoms with E-state index >= 15 is 0 Å². The molecular weight excluding hydrogens is 416 g/mol. The van der Waals surface area contributed by atoms with E-state index in [1.54, 1.807) is 18.2 Å². The predicted octanol–water partition coefficient (Wildman–Crippen LogP) is 4.17. The average molecular weight is 445 g/mol. The molecule has 0 saturated heterocycles. The predicted molar refractivity (Wildman–Crippen MR) is 126 cm³/mol. The van der Waals surface area contributed by atoms with Crippen LogP contribution in [0.15, 0.2) is 30.3 Å². The third-order valence-corrected chi connectivity index (χ3v) is 4.88. The SMILES string of the molecule is CCCC(=O)Nc1ccc(Cl)c(NCC(=O)NCC(=O)Nc2c(C)cc(C)cc2C)c1. The summed E-state index contributed by atoms with van der Waals surface area (Å²) >= 11 is 6.16. The van der Waals surface area contributed by atoms with Crippen LogP contribution in [0.4, 0.5) is 17.1 Å². The normalized spacial score (nSPS) is 10.4. The van der Waals surface area contributed by atoms with Crippen molar-refractivity contribution in [1.29, 1.82) is 0 Å². The Kier molecular flexibility index (Phi) is 8.88. The summed E-state index contributed by atoms with van der Waals surface area (Å²) < 4.78 is 0. The maximum Gasteiger partial charge on any atom is 0.243 e. The van der Waals surface area contributed by atoms with Crippen molar-refractivity contribution in [3.63, 3.8) is 0 Å². The van der Waals surface area contributed by atoms with Crippen LogP contribution in [0.2, 0.25) is 5.02 Å². The van der Waals surface area contributed by atoms with Crippen LogP contribution >= 0.6 is 11.6 Å². The summed E-state index contributed by atoms with van der Waals surface area (Å²) in [7, 11) is 0. The summed E-state index contributed by atoms with van der Waals surface area (Å²) in [6, 6.07) is 8.99. The van der Waals surface area contributed by atoms with Gasteiger partial charge in [-0.25, -0.2) is 0 Å². The molecule has 0 spiro atoms. The Morgan fingerprint density at radius 3 is 2.19 bits per heavy atom. The van der Waals surface area contributed by atoms with E-state index in [4.69, 9.17) is 11.6 Å². The van der Waals surface area contributed by atoms with Crippen molar-refractivity contribution < 1.29 is 14.4 Å². The number of benzene rings is 2. The van der Waals surface area contributed by atoms with Crippen molar-refractivity contribution in [1.82, 2.24) is 5.32 Å². The molecule has 31 heavy (non-hydrogen) atoms. The van der Waals surface area contributed by atoms with E-state index in [0.717, 1.165) is 28.8 Å². The molecular formula is C23H29ClN4O3. The summed E-state index contributed by atoms with van der Waals surface area (Å²) in [4.78, 5) is 36.1. The Hall–Kier alpha value is -3.06. The lowest BCUT2D eigenvalue weighted by molar-refractivity contribution is -0.122. The topological polar surface area (TPSA) is 99.3 Å². The first-order valence-electron chi connectivity index (χ1n) is 10.2. The number of carbonyl (C=O) groups is 3. The molecule has 2 aromatic rings. The zero-order valence-corrected chi connectivity index (χ0v) is 19.1. The molecule has 0 saturated carbocycles. The summed E-state index contributed by atoms with van der Waals surface area (Å²) in [6.07, 6.45) is 1.18. The molecule has 2 aromatic carbocycles. The maximum absolute atomic E-state index is 12.2. The van der Waals surface area contributed by atoms with Gasteiger partial charge in [-0.05, 0) is 56.5 Å². The number of hydrogen-bond donors (Lipinski definition) is 4. The van der Waals surface area contributed by atoms with E-state index in [9.17, 15) is 14.4 Å². The van der Waals surface area contributed by atoms with Gasteiger partial charge in [0.15, 0.2) is 0 Å². The maximum atomic E-state index is 12.2. The van der Waals surface area contributed by atoms with Crippen LogP contribution in [-0.2, 0) is 14.4 Å². The lowest BCUT2D eigenvalue weighted by Crippen LogP contribution is -2.36. The van der Waals surface area contributed by atoms with Gasteiger partial charge < -0.3 is 21.3 Å². The molecule has 0 aliphatic carbocycles. The van der Waals surface area contributed by atoms with E-state index in [1.807, 2.05) is 39.8 Å². The van der Waals surface area contributed by atoms with Crippen molar-refractivity contribution >= 4 is 46.4 Å². The third-order valence-electron chi connectivity index (χ3n) is 4.55. The third kappa shape index (κ3) is 7.61.